The number of unbranched alkanes of at least 4 members (excludes halogenated alkanes) is 7. The molecule has 0 aliphatic carbocycles. The Kier molecular flexibility index (Phi) is 12.5. The van der Waals surface area contributed by atoms with Gasteiger partial charge in [0.2, 0.25) is 5.75 Å². The monoisotopic (exact) mass is 458 g/mol. The molecule has 0 amide bonds. The molecule has 2 aromatic rings. The number of allylic oxidation sites excluding steroid dienone is 1. The maximum Gasteiger partial charge on any atom is 0.383 e. The number of fused-ring (bicyclic) bond motifs is 1. The second kappa shape index (κ2) is 15.4. The van der Waals surface area contributed by atoms with Gasteiger partial charge < -0.3 is 18.6 Å². The Hall–Kier alpha value is -2.43. The number of hydrogen-bond acceptors (Lipinski definition) is 5. The van der Waals surface area contributed by atoms with Crippen LogP contribution in [0.4, 0.5) is 0 Å². The summed E-state index contributed by atoms with van der Waals surface area (Å²) in [6, 6.07) is 5.46. The summed E-state index contributed by atoms with van der Waals surface area (Å²) in [4.78, 5) is 12.7. The molecule has 0 aliphatic heterocycles. The van der Waals surface area contributed by atoms with E-state index in [0.29, 0.717) is 35.7 Å². The van der Waals surface area contributed by atoms with Crippen LogP contribution in [0.15, 0.2) is 39.6 Å². The van der Waals surface area contributed by atoms with Crippen LogP contribution in [0.5, 0.6) is 17.2 Å². The molecule has 0 bridgehead atoms. The Bertz CT molecular complexity index is 897. The van der Waals surface area contributed by atoms with Gasteiger partial charge in [-0.05, 0) is 45.2 Å². The first kappa shape index (κ1) is 26.8. The second-order valence-electron chi connectivity index (χ2n) is 8.68. The highest BCUT2D eigenvalue weighted by Crippen LogP contribution is 2.39. The number of ether oxygens (including phenoxy) is 3. The molecule has 0 spiro atoms. The summed E-state index contributed by atoms with van der Waals surface area (Å²) in [6.07, 6.45) is 15.6. The third kappa shape index (κ3) is 9.15. The van der Waals surface area contributed by atoms with Gasteiger partial charge in [0.1, 0.15) is 16.7 Å². The van der Waals surface area contributed by atoms with E-state index in [0.717, 1.165) is 25.7 Å². The molecule has 0 N–H and O–H groups in total. The third-order valence-electron chi connectivity index (χ3n) is 5.35. The van der Waals surface area contributed by atoms with Gasteiger partial charge in [0.15, 0.2) is 5.75 Å². The summed E-state index contributed by atoms with van der Waals surface area (Å²) in [6.45, 7) is 9.20. The van der Waals surface area contributed by atoms with Crippen molar-refractivity contribution < 1.29 is 18.6 Å². The van der Waals surface area contributed by atoms with Crippen molar-refractivity contribution in [3.05, 3.63) is 40.8 Å². The van der Waals surface area contributed by atoms with Gasteiger partial charge in [0.25, 0.3) is 0 Å². The first-order chi connectivity index (χ1) is 16.1. The molecule has 1 aromatic heterocycles. The molecule has 0 unspecified atom stereocenters. The molecule has 5 heteroatoms. The first-order valence-corrected chi connectivity index (χ1v) is 12.8. The minimum Gasteiger partial charge on any atom is -0.492 e. The highest BCUT2D eigenvalue weighted by molar-refractivity contribution is 5.91. The summed E-state index contributed by atoms with van der Waals surface area (Å²) < 4.78 is 23.6. The smallest absolute Gasteiger partial charge is 0.383 e. The second-order valence-corrected chi connectivity index (χ2v) is 8.68. The van der Waals surface area contributed by atoms with E-state index in [4.69, 9.17) is 18.6 Å². The van der Waals surface area contributed by atoms with Crippen molar-refractivity contribution >= 4 is 11.0 Å². The van der Waals surface area contributed by atoms with Crippen LogP contribution in [0.2, 0.25) is 0 Å². The van der Waals surface area contributed by atoms with Gasteiger partial charge in [-0.1, -0.05) is 77.0 Å². The normalized spacial score (nSPS) is 11.5. The van der Waals surface area contributed by atoms with Crippen LogP contribution in [0.3, 0.4) is 0 Å². The summed E-state index contributed by atoms with van der Waals surface area (Å²) in [5, 5.41) is 0.649. The minimum atomic E-state index is -0.513. The Morgan fingerprint density at radius 1 is 0.879 bits per heavy atom. The molecule has 0 fully saturated rings. The zero-order chi connectivity index (χ0) is 23.9. The van der Waals surface area contributed by atoms with Gasteiger partial charge in [0.05, 0.1) is 19.3 Å². The van der Waals surface area contributed by atoms with Gasteiger partial charge in [0, 0.05) is 0 Å². The van der Waals surface area contributed by atoms with Gasteiger partial charge in [-0.2, -0.15) is 0 Å². The first-order valence-electron chi connectivity index (χ1n) is 12.8. The molecule has 5 nitrogen and oxygen atoms in total. The van der Waals surface area contributed by atoms with Crippen molar-refractivity contribution in [1.82, 2.24) is 0 Å². The topological polar surface area (TPSA) is 57.9 Å². The van der Waals surface area contributed by atoms with Crippen molar-refractivity contribution in [2.45, 2.75) is 98.0 Å². The summed E-state index contributed by atoms with van der Waals surface area (Å²) >= 11 is 0. The van der Waals surface area contributed by atoms with Gasteiger partial charge in [-0.3, -0.25) is 0 Å². The van der Waals surface area contributed by atoms with E-state index in [1.54, 1.807) is 6.07 Å². The zero-order valence-corrected chi connectivity index (χ0v) is 21.0. The van der Waals surface area contributed by atoms with Crippen LogP contribution < -0.4 is 19.8 Å². The molecule has 1 aromatic carbocycles. The maximum atomic E-state index is 12.7. The van der Waals surface area contributed by atoms with E-state index >= 15 is 0 Å². The predicted octanol–water partition coefficient (Wildman–Crippen LogP) is 7.83. The fraction of sp³-hybridized carbons (Fsp3) is 0.607. The number of rotatable bonds is 17. The quantitative estimate of drug-likeness (QED) is 0.137. The van der Waals surface area contributed by atoms with Crippen molar-refractivity contribution in [3.63, 3.8) is 0 Å². The lowest BCUT2D eigenvalue weighted by Crippen LogP contribution is -2.14. The lowest BCUT2D eigenvalue weighted by atomic mass is 10.1. The Balaban J connectivity index is 2.12. The minimum absolute atomic E-state index is 0.124. The van der Waals surface area contributed by atoms with Crippen LogP contribution in [0.1, 0.15) is 91.9 Å². The van der Waals surface area contributed by atoms with Crippen LogP contribution >= 0.6 is 0 Å². The molecule has 33 heavy (non-hydrogen) atoms. The Morgan fingerprint density at radius 3 is 2.30 bits per heavy atom. The molecule has 1 heterocycles. The SMILES string of the molecule is CCC=CCCOc1cccc2oc(=O)c(OCCCCCCCCCC)c(OC(C)C)c12. The highest BCUT2D eigenvalue weighted by atomic mass is 16.5. The lowest BCUT2D eigenvalue weighted by molar-refractivity contribution is 0.215. The fourth-order valence-electron chi connectivity index (χ4n) is 3.70. The fourth-order valence-corrected chi connectivity index (χ4v) is 3.70. The van der Waals surface area contributed by atoms with E-state index in [-0.39, 0.29) is 11.9 Å². The molecular formula is C28H42O5. The van der Waals surface area contributed by atoms with Crippen molar-refractivity contribution in [2.24, 2.45) is 0 Å². The largest absolute Gasteiger partial charge is 0.492 e. The number of benzene rings is 1. The molecule has 184 valence electrons. The van der Waals surface area contributed by atoms with Gasteiger partial charge in [-0.25, -0.2) is 4.79 Å². The zero-order valence-electron chi connectivity index (χ0n) is 21.0. The van der Waals surface area contributed by atoms with Crippen molar-refractivity contribution in [3.8, 4) is 17.2 Å². The van der Waals surface area contributed by atoms with Crippen LogP contribution in [-0.4, -0.2) is 19.3 Å². The summed E-state index contributed by atoms with van der Waals surface area (Å²) in [5.41, 5.74) is -0.0718. The molecular weight excluding hydrogens is 416 g/mol. The predicted molar refractivity (Wildman–Crippen MR) is 136 cm³/mol. The van der Waals surface area contributed by atoms with Crippen LogP contribution in [-0.2, 0) is 0 Å². The Morgan fingerprint density at radius 2 is 1.61 bits per heavy atom. The van der Waals surface area contributed by atoms with Gasteiger partial charge >= 0.3 is 5.63 Å². The van der Waals surface area contributed by atoms with E-state index in [1.165, 1.54) is 38.5 Å². The molecule has 2 rings (SSSR count). The average Bonchev–Trinajstić information content (AvgIpc) is 2.79. The summed E-state index contributed by atoms with van der Waals surface area (Å²) in [5.74, 6) is 1.19. The maximum absolute atomic E-state index is 12.7. The molecule has 0 saturated heterocycles. The van der Waals surface area contributed by atoms with E-state index in [1.807, 2.05) is 26.0 Å². The lowest BCUT2D eigenvalue weighted by Gasteiger charge is -2.18. The molecule has 0 radical (unpaired) electrons. The average molecular weight is 459 g/mol. The summed E-state index contributed by atoms with van der Waals surface area (Å²) in [7, 11) is 0. The van der Waals surface area contributed by atoms with E-state index < -0.39 is 5.63 Å². The number of hydrogen-bond donors (Lipinski definition) is 0. The van der Waals surface area contributed by atoms with E-state index in [9.17, 15) is 4.79 Å². The van der Waals surface area contributed by atoms with Gasteiger partial charge in [-0.15, -0.1) is 0 Å². The highest BCUT2D eigenvalue weighted by Gasteiger charge is 2.22. The van der Waals surface area contributed by atoms with Crippen LogP contribution in [0.25, 0.3) is 11.0 Å². The molecule has 0 atom stereocenters. The molecule has 0 aliphatic rings. The van der Waals surface area contributed by atoms with Crippen molar-refractivity contribution in [1.29, 1.82) is 0 Å². The molecule has 0 saturated carbocycles. The van der Waals surface area contributed by atoms with Crippen LogP contribution in [0, 0.1) is 0 Å². The Labute approximate surface area is 199 Å². The van der Waals surface area contributed by atoms with E-state index in [2.05, 4.69) is 26.0 Å². The third-order valence-corrected chi connectivity index (χ3v) is 5.35. The van der Waals surface area contributed by atoms with Crippen molar-refractivity contribution in [2.75, 3.05) is 13.2 Å². The standard InChI is InChI=1S/C28H42O5/c1-5-7-9-11-12-13-14-16-21-31-27-26(32-22(3)4)25-23(30-20-15-10-8-6-2)18-17-19-24(25)33-28(27)29/h8,10,17-19,22H,5-7,9,11-16,20-21H2,1-4H3.